The van der Waals surface area contributed by atoms with Gasteiger partial charge >= 0.3 is 0 Å². The highest BCUT2D eigenvalue weighted by molar-refractivity contribution is 6.22. The Bertz CT molecular complexity index is 1050. The van der Waals surface area contributed by atoms with Crippen molar-refractivity contribution in [2.75, 3.05) is 31.2 Å². The molecule has 0 aromatic carbocycles. The van der Waals surface area contributed by atoms with Crippen molar-refractivity contribution in [2.24, 2.45) is 0 Å². The Hall–Kier alpha value is -2.70. The summed E-state index contributed by atoms with van der Waals surface area (Å²) >= 11 is 6.22. The fourth-order valence-electron chi connectivity index (χ4n) is 3.63. The molecular weight excluding hydrogens is 374 g/mol. The molecule has 3 aromatic rings. The fraction of sp³-hybridized carbons (Fsp3) is 0.286. The number of anilines is 1. The molecule has 1 saturated heterocycles. The number of allylic oxidation sites excluding steroid dienone is 4. The van der Waals surface area contributed by atoms with E-state index in [-0.39, 0.29) is 5.38 Å². The second-order valence-electron chi connectivity index (χ2n) is 6.88. The standard InChI is InChI=1S/C21H20ClN5O/c22-16-2-4-17(5-3-16)27-19-14-23-8-7-18(19)25-21(27)15-1-6-20(24-13-15)26-9-11-28-12-10-26/h1-2,4-8,13-14,16H,3,9-12H2. The number of aromatic nitrogens is 4. The largest absolute Gasteiger partial charge is 0.378 e. The highest BCUT2D eigenvalue weighted by atomic mass is 35.5. The zero-order chi connectivity index (χ0) is 18.9. The van der Waals surface area contributed by atoms with Gasteiger partial charge in [-0.05, 0) is 30.7 Å². The average molecular weight is 394 g/mol. The van der Waals surface area contributed by atoms with Gasteiger partial charge in [-0.3, -0.25) is 9.55 Å². The van der Waals surface area contributed by atoms with E-state index in [1.165, 1.54) is 0 Å². The van der Waals surface area contributed by atoms with Crippen molar-refractivity contribution in [3.63, 3.8) is 0 Å². The first kappa shape index (κ1) is 17.4. The quantitative estimate of drug-likeness (QED) is 0.634. The summed E-state index contributed by atoms with van der Waals surface area (Å²) in [5, 5.41) is 0.0367. The van der Waals surface area contributed by atoms with Crippen LogP contribution in [0.2, 0.25) is 0 Å². The van der Waals surface area contributed by atoms with Crippen LogP contribution in [0, 0.1) is 0 Å². The monoisotopic (exact) mass is 393 g/mol. The third-order valence-electron chi connectivity index (χ3n) is 5.08. The number of fused-ring (bicyclic) bond motifs is 1. The zero-order valence-electron chi connectivity index (χ0n) is 15.3. The lowest BCUT2D eigenvalue weighted by atomic mass is 10.1. The number of hydrogen-bond donors (Lipinski definition) is 0. The van der Waals surface area contributed by atoms with Gasteiger partial charge in [-0.2, -0.15) is 0 Å². The molecule has 6 nitrogen and oxygen atoms in total. The zero-order valence-corrected chi connectivity index (χ0v) is 16.1. The first-order valence-electron chi connectivity index (χ1n) is 9.44. The number of rotatable bonds is 3. The highest BCUT2D eigenvalue weighted by Gasteiger charge is 2.18. The van der Waals surface area contributed by atoms with Crippen LogP contribution in [0.1, 0.15) is 6.42 Å². The maximum atomic E-state index is 6.22. The van der Waals surface area contributed by atoms with Crippen LogP contribution in [-0.2, 0) is 4.74 Å². The SMILES string of the molecule is ClC1C=CC(n2c(-c3ccc(N4CCOCC4)nc3)nc3ccncc32)=CC1. The van der Waals surface area contributed by atoms with Crippen molar-refractivity contribution in [3.05, 3.63) is 55.0 Å². The molecule has 0 spiro atoms. The summed E-state index contributed by atoms with van der Waals surface area (Å²) in [5.41, 5.74) is 3.90. The molecule has 1 aliphatic heterocycles. The van der Waals surface area contributed by atoms with Gasteiger partial charge in [0.1, 0.15) is 11.6 Å². The van der Waals surface area contributed by atoms with Crippen molar-refractivity contribution in [3.8, 4) is 11.4 Å². The molecule has 2 aliphatic rings. The fourth-order valence-corrected chi connectivity index (χ4v) is 3.79. The molecule has 1 fully saturated rings. The Morgan fingerprint density at radius 1 is 1.11 bits per heavy atom. The normalized spacial score (nSPS) is 19.8. The van der Waals surface area contributed by atoms with Gasteiger partial charge in [0.15, 0.2) is 0 Å². The van der Waals surface area contributed by atoms with E-state index in [9.17, 15) is 0 Å². The molecule has 0 amide bonds. The summed E-state index contributed by atoms with van der Waals surface area (Å²) in [7, 11) is 0. The molecule has 1 unspecified atom stereocenters. The van der Waals surface area contributed by atoms with Gasteiger partial charge < -0.3 is 9.64 Å². The van der Waals surface area contributed by atoms with Crippen molar-refractivity contribution in [1.29, 1.82) is 0 Å². The number of halogens is 1. The van der Waals surface area contributed by atoms with Gasteiger partial charge in [0.25, 0.3) is 0 Å². The van der Waals surface area contributed by atoms with Gasteiger partial charge in [-0.25, -0.2) is 9.97 Å². The summed E-state index contributed by atoms with van der Waals surface area (Å²) in [6.07, 6.45) is 12.5. The smallest absolute Gasteiger partial charge is 0.147 e. The molecule has 0 radical (unpaired) electrons. The van der Waals surface area contributed by atoms with E-state index in [2.05, 4.69) is 32.7 Å². The maximum Gasteiger partial charge on any atom is 0.147 e. The third kappa shape index (κ3) is 3.19. The van der Waals surface area contributed by atoms with E-state index >= 15 is 0 Å². The number of pyridine rings is 2. The maximum absolute atomic E-state index is 6.22. The Morgan fingerprint density at radius 2 is 2.00 bits per heavy atom. The van der Waals surface area contributed by atoms with E-state index in [4.69, 9.17) is 26.3 Å². The topological polar surface area (TPSA) is 56.1 Å². The minimum absolute atomic E-state index is 0.0367. The van der Waals surface area contributed by atoms with E-state index in [0.29, 0.717) is 0 Å². The molecule has 7 heteroatoms. The Balaban J connectivity index is 1.57. The van der Waals surface area contributed by atoms with Crippen LogP contribution in [0.25, 0.3) is 28.1 Å². The van der Waals surface area contributed by atoms with Crippen LogP contribution >= 0.6 is 11.6 Å². The van der Waals surface area contributed by atoms with Crippen molar-refractivity contribution in [1.82, 2.24) is 19.5 Å². The van der Waals surface area contributed by atoms with Gasteiger partial charge in [0.05, 0.1) is 35.8 Å². The molecule has 4 heterocycles. The van der Waals surface area contributed by atoms with E-state index in [0.717, 1.165) is 66.7 Å². The summed E-state index contributed by atoms with van der Waals surface area (Å²) in [5.74, 6) is 1.83. The number of alkyl halides is 1. The van der Waals surface area contributed by atoms with E-state index in [1.54, 1.807) is 6.20 Å². The van der Waals surface area contributed by atoms with Crippen LogP contribution < -0.4 is 4.90 Å². The van der Waals surface area contributed by atoms with Crippen LogP contribution in [0.15, 0.2) is 55.0 Å². The van der Waals surface area contributed by atoms with Crippen molar-refractivity contribution >= 4 is 34.1 Å². The van der Waals surface area contributed by atoms with E-state index < -0.39 is 0 Å². The molecule has 5 rings (SSSR count). The van der Waals surface area contributed by atoms with Crippen LogP contribution in [0.3, 0.4) is 0 Å². The van der Waals surface area contributed by atoms with Crippen molar-refractivity contribution < 1.29 is 4.74 Å². The summed E-state index contributed by atoms with van der Waals surface area (Å²) in [6.45, 7) is 3.23. The molecule has 142 valence electrons. The second kappa shape index (κ2) is 7.37. The van der Waals surface area contributed by atoms with Crippen LogP contribution in [0.4, 0.5) is 5.82 Å². The molecule has 1 aliphatic carbocycles. The Kier molecular flexibility index (Phi) is 4.58. The minimum Gasteiger partial charge on any atom is -0.378 e. The molecule has 3 aromatic heterocycles. The van der Waals surface area contributed by atoms with Crippen molar-refractivity contribution in [2.45, 2.75) is 11.8 Å². The lowest BCUT2D eigenvalue weighted by molar-refractivity contribution is 0.122. The summed E-state index contributed by atoms with van der Waals surface area (Å²) in [4.78, 5) is 16.1. The minimum atomic E-state index is 0.0367. The molecule has 0 N–H and O–H groups in total. The Labute approximate surface area is 168 Å². The second-order valence-corrected chi connectivity index (χ2v) is 7.44. The average Bonchev–Trinajstić information content (AvgIpc) is 3.15. The van der Waals surface area contributed by atoms with E-state index in [1.807, 2.05) is 30.6 Å². The predicted molar refractivity (Wildman–Crippen MR) is 111 cm³/mol. The van der Waals surface area contributed by atoms with Gasteiger partial charge in [-0.15, -0.1) is 11.6 Å². The number of nitrogens with zero attached hydrogens (tertiary/aromatic N) is 5. The molecule has 1 atom stereocenters. The first-order chi connectivity index (χ1) is 13.8. The van der Waals surface area contributed by atoms with Gasteiger partial charge in [-0.1, -0.05) is 12.2 Å². The molecule has 0 bridgehead atoms. The molecule has 28 heavy (non-hydrogen) atoms. The third-order valence-corrected chi connectivity index (χ3v) is 5.41. The number of hydrogen-bond acceptors (Lipinski definition) is 5. The molecular formula is C21H20ClN5O. The lowest BCUT2D eigenvalue weighted by Gasteiger charge is -2.27. The van der Waals surface area contributed by atoms with Crippen LogP contribution in [-0.4, -0.2) is 51.2 Å². The highest BCUT2D eigenvalue weighted by Crippen LogP contribution is 2.31. The molecule has 0 saturated carbocycles. The Morgan fingerprint density at radius 3 is 2.75 bits per heavy atom. The van der Waals surface area contributed by atoms with Crippen LogP contribution in [0.5, 0.6) is 0 Å². The predicted octanol–water partition coefficient (Wildman–Crippen LogP) is 3.74. The number of morpholine rings is 1. The number of imidazole rings is 1. The lowest BCUT2D eigenvalue weighted by Crippen LogP contribution is -2.36. The summed E-state index contributed by atoms with van der Waals surface area (Å²) < 4.78 is 7.56. The van der Waals surface area contributed by atoms with Gasteiger partial charge in [0.2, 0.25) is 0 Å². The summed E-state index contributed by atoms with van der Waals surface area (Å²) in [6, 6.07) is 6.07. The first-order valence-corrected chi connectivity index (χ1v) is 9.87. The number of ether oxygens (including phenoxy) is 1. The van der Waals surface area contributed by atoms with Gasteiger partial charge in [0, 0.05) is 36.7 Å².